The summed E-state index contributed by atoms with van der Waals surface area (Å²) in [6, 6.07) is 8.16. The van der Waals surface area contributed by atoms with E-state index in [1.54, 1.807) is 24.3 Å². The zero-order valence-electron chi connectivity index (χ0n) is 12.6. The van der Waals surface area contributed by atoms with E-state index in [9.17, 15) is 22.8 Å². The molecule has 1 atom stereocenters. The zero-order chi connectivity index (χ0) is 17.4. The number of rotatable bonds is 2. The summed E-state index contributed by atoms with van der Waals surface area (Å²) >= 11 is 0. The van der Waals surface area contributed by atoms with Crippen molar-refractivity contribution in [3.8, 4) is 0 Å². The molecule has 0 fully saturated rings. The van der Waals surface area contributed by atoms with E-state index in [1.807, 2.05) is 0 Å². The topological polar surface area (TPSA) is 46.6 Å². The van der Waals surface area contributed by atoms with Gasteiger partial charge in [-0.2, -0.15) is 0 Å². The number of carbonyl (C=O) groups is 2. The summed E-state index contributed by atoms with van der Waals surface area (Å²) in [4.78, 5) is 25.7. The Morgan fingerprint density at radius 2 is 1.79 bits per heavy atom. The second kappa shape index (κ2) is 5.99. The normalized spacial score (nSPS) is 16.0. The molecule has 0 aliphatic carbocycles. The van der Waals surface area contributed by atoms with Gasteiger partial charge in [0.1, 0.15) is 5.92 Å². The molecule has 0 saturated carbocycles. The number of hydrogen-bond donors (Lipinski definition) is 0. The summed E-state index contributed by atoms with van der Waals surface area (Å²) in [7, 11) is 1.23. The zero-order valence-corrected chi connectivity index (χ0v) is 12.6. The van der Waals surface area contributed by atoms with Crippen molar-refractivity contribution in [2.45, 2.75) is 5.92 Å². The van der Waals surface area contributed by atoms with Gasteiger partial charge in [-0.05, 0) is 23.8 Å². The SMILES string of the molecule is COC(=O)[C@@H]1CN(C(=O)c2ccc(F)c(F)c2F)c2ccccc21. The van der Waals surface area contributed by atoms with E-state index < -0.39 is 40.8 Å². The number of methoxy groups -OCH3 is 1. The van der Waals surface area contributed by atoms with Crippen molar-refractivity contribution < 1.29 is 27.5 Å². The molecular weight excluding hydrogens is 323 g/mol. The molecule has 3 rings (SSSR count). The molecule has 1 heterocycles. The first kappa shape index (κ1) is 16.0. The fourth-order valence-corrected chi connectivity index (χ4v) is 2.78. The van der Waals surface area contributed by atoms with Gasteiger partial charge < -0.3 is 9.64 Å². The molecular formula is C17H12F3NO3. The van der Waals surface area contributed by atoms with Crippen LogP contribution in [0.15, 0.2) is 36.4 Å². The molecule has 0 radical (unpaired) electrons. The van der Waals surface area contributed by atoms with Gasteiger partial charge in [0.25, 0.3) is 5.91 Å². The van der Waals surface area contributed by atoms with Crippen molar-refractivity contribution >= 4 is 17.6 Å². The molecule has 2 aromatic rings. The predicted molar refractivity (Wildman–Crippen MR) is 79.2 cm³/mol. The number of anilines is 1. The molecule has 0 unspecified atom stereocenters. The highest BCUT2D eigenvalue weighted by molar-refractivity contribution is 6.09. The Hall–Kier alpha value is -2.83. The van der Waals surface area contributed by atoms with Gasteiger partial charge in [-0.3, -0.25) is 9.59 Å². The average Bonchev–Trinajstić information content (AvgIpc) is 2.98. The van der Waals surface area contributed by atoms with Gasteiger partial charge in [0.15, 0.2) is 17.5 Å². The average molecular weight is 335 g/mol. The van der Waals surface area contributed by atoms with Crippen LogP contribution in [0.2, 0.25) is 0 Å². The number of carbonyl (C=O) groups excluding carboxylic acids is 2. The second-order valence-corrected chi connectivity index (χ2v) is 5.27. The van der Waals surface area contributed by atoms with E-state index in [0.717, 1.165) is 11.0 Å². The van der Waals surface area contributed by atoms with Crippen LogP contribution in [0.1, 0.15) is 21.8 Å². The van der Waals surface area contributed by atoms with E-state index in [-0.39, 0.29) is 6.54 Å². The summed E-state index contributed by atoms with van der Waals surface area (Å²) in [6.07, 6.45) is 0. The highest BCUT2D eigenvalue weighted by Gasteiger charge is 2.38. The summed E-state index contributed by atoms with van der Waals surface area (Å²) in [6.45, 7) is -0.0662. The molecule has 124 valence electrons. The number of esters is 1. The molecule has 0 aromatic heterocycles. The minimum atomic E-state index is -1.71. The van der Waals surface area contributed by atoms with E-state index in [2.05, 4.69) is 0 Å². The van der Waals surface area contributed by atoms with Gasteiger partial charge >= 0.3 is 5.97 Å². The third kappa shape index (κ3) is 2.42. The number of fused-ring (bicyclic) bond motifs is 1. The van der Waals surface area contributed by atoms with Crippen LogP contribution in [0.3, 0.4) is 0 Å². The van der Waals surface area contributed by atoms with Gasteiger partial charge in [0.05, 0.1) is 12.7 Å². The highest BCUT2D eigenvalue weighted by atomic mass is 19.2. The minimum absolute atomic E-state index is 0.0662. The van der Waals surface area contributed by atoms with Gasteiger partial charge in [-0.15, -0.1) is 0 Å². The number of hydrogen-bond acceptors (Lipinski definition) is 3. The highest BCUT2D eigenvalue weighted by Crippen LogP contribution is 2.37. The number of halogens is 3. The van der Waals surface area contributed by atoms with Gasteiger partial charge in [0.2, 0.25) is 0 Å². The third-order valence-corrected chi connectivity index (χ3v) is 3.96. The lowest BCUT2D eigenvalue weighted by molar-refractivity contribution is -0.141. The Kier molecular flexibility index (Phi) is 4.01. The van der Waals surface area contributed by atoms with E-state index >= 15 is 0 Å². The molecule has 4 nitrogen and oxygen atoms in total. The summed E-state index contributed by atoms with van der Waals surface area (Å²) in [5, 5.41) is 0. The maximum absolute atomic E-state index is 13.9. The first-order valence-corrected chi connectivity index (χ1v) is 7.07. The molecule has 0 spiro atoms. The molecule has 0 bridgehead atoms. The van der Waals surface area contributed by atoms with Crippen LogP contribution in [-0.2, 0) is 9.53 Å². The monoisotopic (exact) mass is 335 g/mol. The number of benzene rings is 2. The van der Waals surface area contributed by atoms with Crippen molar-refractivity contribution in [2.75, 3.05) is 18.6 Å². The molecule has 24 heavy (non-hydrogen) atoms. The molecule has 1 amide bonds. The van der Waals surface area contributed by atoms with Crippen LogP contribution in [0.5, 0.6) is 0 Å². The van der Waals surface area contributed by atoms with Crippen molar-refractivity contribution in [1.82, 2.24) is 0 Å². The number of para-hydroxylation sites is 1. The van der Waals surface area contributed by atoms with E-state index in [1.165, 1.54) is 7.11 Å². The van der Waals surface area contributed by atoms with Crippen molar-refractivity contribution in [3.05, 3.63) is 65.0 Å². The molecule has 1 aliphatic heterocycles. The lowest BCUT2D eigenvalue weighted by Gasteiger charge is -2.18. The summed E-state index contributed by atoms with van der Waals surface area (Å²) in [5.41, 5.74) is 0.358. The van der Waals surface area contributed by atoms with Crippen LogP contribution in [0, 0.1) is 17.5 Å². The number of nitrogens with zero attached hydrogens (tertiary/aromatic N) is 1. The van der Waals surface area contributed by atoms with Crippen molar-refractivity contribution in [3.63, 3.8) is 0 Å². The molecule has 2 aromatic carbocycles. The lowest BCUT2D eigenvalue weighted by Crippen LogP contribution is -2.32. The Bertz CT molecular complexity index is 838. The van der Waals surface area contributed by atoms with Crippen LogP contribution in [-0.4, -0.2) is 25.5 Å². The maximum atomic E-state index is 13.9. The minimum Gasteiger partial charge on any atom is -0.468 e. The quantitative estimate of drug-likeness (QED) is 0.626. The Labute approximate surface area is 135 Å². The second-order valence-electron chi connectivity index (χ2n) is 5.27. The van der Waals surface area contributed by atoms with Gasteiger partial charge in [0, 0.05) is 12.2 Å². The number of amides is 1. The Balaban J connectivity index is 2.03. The van der Waals surface area contributed by atoms with E-state index in [4.69, 9.17) is 4.74 Å². The first-order chi connectivity index (χ1) is 11.5. The smallest absolute Gasteiger partial charge is 0.315 e. The Morgan fingerprint density at radius 3 is 2.50 bits per heavy atom. The molecule has 0 N–H and O–H groups in total. The van der Waals surface area contributed by atoms with Gasteiger partial charge in [-0.1, -0.05) is 18.2 Å². The maximum Gasteiger partial charge on any atom is 0.315 e. The van der Waals surface area contributed by atoms with E-state index in [0.29, 0.717) is 17.3 Å². The van der Waals surface area contributed by atoms with Gasteiger partial charge in [-0.25, -0.2) is 13.2 Å². The van der Waals surface area contributed by atoms with Crippen molar-refractivity contribution in [2.24, 2.45) is 0 Å². The standard InChI is InChI=1S/C17H12F3NO3/c1-24-17(23)11-8-21(13-5-3-2-4-9(11)13)16(22)10-6-7-12(18)15(20)14(10)19/h2-7,11H,8H2,1H3/t11-/m1/s1. The van der Waals surface area contributed by atoms with Crippen molar-refractivity contribution in [1.29, 1.82) is 0 Å². The fourth-order valence-electron chi connectivity index (χ4n) is 2.78. The third-order valence-electron chi connectivity index (χ3n) is 3.96. The molecule has 1 aliphatic rings. The number of ether oxygens (including phenoxy) is 1. The summed E-state index contributed by atoms with van der Waals surface area (Å²) < 4.78 is 45.1. The largest absolute Gasteiger partial charge is 0.468 e. The predicted octanol–water partition coefficient (Wildman–Crippen LogP) is 3.02. The molecule has 0 saturated heterocycles. The molecule has 7 heteroatoms. The summed E-state index contributed by atoms with van der Waals surface area (Å²) in [5.74, 6) is -6.76. The Morgan fingerprint density at radius 1 is 1.08 bits per heavy atom. The van der Waals surface area contributed by atoms with Crippen LogP contribution in [0.4, 0.5) is 18.9 Å². The first-order valence-electron chi connectivity index (χ1n) is 7.07. The van der Waals surface area contributed by atoms with Crippen LogP contribution in [0.25, 0.3) is 0 Å². The fraction of sp³-hybridized carbons (Fsp3) is 0.176. The van der Waals surface area contributed by atoms with Crippen LogP contribution < -0.4 is 4.90 Å². The van der Waals surface area contributed by atoms with Crippen LogP contribution >= 0.6 is 0 Å². The lowest BCUT2D eigenvalue weighted by atomic mass is 10.0.